The zero-order valence-electron chi connectivity index (χ0n) is 15.4. The second-order valence-electron chi connectivity index (χ2n) is 5.84. The van der Waals surface area contributed by atoms with Crippen LogP contribution in [0.4, 0.5) is 5.69 Å². The largest absolute Gasteiger partial charge is 0.482 e. The Morgan fingerprint density at radius 2 is 2.00 bits per heavy atom. The van der Waals surface area contributed by atoms with Crippen LogP contribution in [0.5, 0.6) is 5.75 Å². The Bertz CT molecular complexity index is 1040. The van der Waals surface area contributed by atoms with Gasteiger partial charge in [0.25, 0.3) is 5.91 Å². The van der Waals surface area contributed by atoms with Gasteiger partial charge in [-0.1, -0.05) is 29.3 Å². The van der Waals surface area contributed by atoms with Crippen LogP contribution in [0, 0.1) is 0 Å². The van der Waals surface area contributed by atoms with Gasteiger partial charge in [0.2, 0.25) is 0 Å². The molecule has 29 heavy (non-hydrogen) atoms. The summed E-state index contributed by atoms with van der Waals surface area (Å²) < 4.78 is 11.7. The fourth-order valence-corrected chi connectivity index (χ4v) is 2.95. The molecule has 2 aromatic carbocycles. The monoisotopic (exact) mass is 433 g/mol. The van der Waals surface area contributed by atoms with Crippen LogP contribution in [0.3, 0.4) is 0 Å². The number of benzene rings is 2. The summed E-state index contributed by atoms with van der Waals surface area (Å²) in [4.78, 5) is 23.9. The van der Waals surface area contributed by atoms with Gasteiger partial charge in [-0.25, -0.2) is 9.48 Å². The van der Waals surface area contributed by atoms with E-state index in [1.54, 1.807) is 55.6 Å². The van der Waals surface area contributed by atoms with Crippen molar-refractivity contribution in [3.05, 3.63) is 70.5 Å². The zero-order valence-corrected chi connectivity index (χ0v) is 16.9. The first kappa shape index (κ1) is 20.7. The van der Waals surface area contributed by atoms with Gasteiger partial charge in [0.1, 0.15) is 5.75 Å². The highest BCUT2D eigenvalue weighted by Gasteiger charge is 2.12. The van der Waals surface area contributed by atoms with Crippen molar-refractivity contribution in [1.29, 1.82) is 0 Å². The van der Waals surface area contributed by atoms with Crippen LogP contribution >= 0.6 is 23.2 Å². The highest BCUT2D eigenvalue weighted by Crippen LogP contribution is 2.24. The third kappa shape index (κ3) is 5.49. The van der Waals surface area contributed by atoms with Gasteiger partial charge >= 0.3 is 5.97 Å². The van der Waals surface area contributed by atoms with Crippen LogP contribution in [-0.4, -0.2) is 34.9 Å². The maximum atomic E-state index is 12.5. The number of carbonyl (C=O) groups excluding carboxylic acids is 2. The molecule has 1 aromatic heterocycles. The number of esters is 1. The number of aromatic nitrogens is 2. The number of nitrogens with zero attached hydrogens (tertiary/aromatic N) is 2. The molecule has 0 atom stereocenters. The molecule has 0 spiro atoms. The van der Waals surface area contributed by atoms with E-state index in [-0.39, 0.29) is 19.1 Å². The first-order chi connectivity index (χ1) is 14.0. The van der Waals surface area contributed by atoms with E-state index < -0.39 is 5.97 Å². The molecule has 1 heterocycles. The normalized spacial score (nSPS) is 10.4. The lowest BCUT2D eigenvalue weighted by molar-refractivity contribution is -0.145. The van der Waals surface area contributed by atoms with E-state index in [9.17, 15) is 9.59 Å². The number of hydrogen-bond donors (Lipinski definition) is 1. The minimum Gasteiger partial charge on any atom is -0.482 e. The van der Waals surface area contributed by atoms with E-state index in [0.717, 1.165) is 0 Å². The molecule has 9 heteroatoms. The maximum absolute atomic E-state index is 12.5. The molecule has 0 fully saturated rings. The average molecular weight is 434 g/mol. The summed E-state index contributed by atoms with van der Waals surface area (Å²) in [7, 11) is 0. The highest BCUT2D eigenvalue weighted by atomic mass is 35.5. The van der Waals surface area contributed by atoms with Crippen molar-refractivity contribution >= 4 is 40.8 Å². The Hall–Kier alpha value is -3.03. The Morgan fingerprint density at radius 1 is 1.17 bits per heavy atom. The van der Waals surface area contributed by atoms with Crippen LogP contribution in [-0.2, 0) is 9.53 Å². The lowest BCUT2D eigenvalue weighted by atomic mass is 10.2. The van der Waals surface area contributed by atoms with Gasteiger partial charge in [-0.15, -0.1) is 0 Å². The first-order valence-electron chi connectivity index (χ1n) is 8.66. The van der Waals surface area contributed by atoms with Crippen molar-refractivity contribution in [1.82, 2.24) is 9.78 Å². The van der Waals surface area contributed by atoms with Crippen LogP contribution in [0.2, 0.25) is 10.0 Å². The molecular weight excluding hydrogens is 417 g/mol. The van der Waals surface area contributed by atoms with Gasteiger partial charge in [0, 0.05) is 23.0 Å². The van der Waals surface area contributed by atoms with E-state index in [0.29, 0.717) is 32.7 Å². The van der Waals surface area contributed by atoms with E-state index in [1.165, 1.54) is 10.9 Å². The molecule has 0 aliphatic carbocycles. The minimum absolute atomic E-state index is 0.208. The molecule has 0 aliphatic rings. The third-order valence-electron chi connectivity index (χ3n) is 3.76. The van der Waals surface area contributed by atoms with Crippen LogP contribution in [0.25, 0.3) is 5.69 Å². The molecule has 7 nitrogen and oxygen atoms in total. The van der Waals surface area contributed by atoms with Crippen molar-refractivity contribution in [3.63, 3.8) is 0 Å². The van der Waals surface area contributed by atoms with Gasteiger partial charge < -0.3 is 14.8 Å². The Morgan fingerprint density at radius 3 is 2.76 bits per heavy atom. The smallest absolute Gasteiger partial charge is 0.344 e. The quantitative estimate of drug-likeness (QED) is 0.559. The number of hydrogen-bond acceptors (Lipinski definition) is 5. The molecule has 0 radical (unpaired) electrons. The van der Waals surface area contributed by atoms with Crippen LogP contribution < -0.4 is 10.1 Å². The highest BCUT2D eigenvalue weighted by molar-refractivity contribution is 6.35. The molecule has 0 unspecified atom stereocenters. The van der Waals surface area contributed by atoms with Crippen molar-refractivity contribution in [2.24, 2.45) is 0 Å². The number of halogens is 2. The van der Waals surface area contributed by atoms with Gasteiger partial charge in [-0.3, -0.25) is 4.79 Å². The molecular formula is C20H17Cl2N3O4. The zero-order chi connectivity index (χ0) is 20.8. The second-order valence-corrected chi connectivity index (χ2v) is 6.69. The molecule has 0 saturated carbocycles. The average Bonchev–Trinajstić information content (AvgIpc) is 3.17. The lowest BCUT2D eigenvalue weighted by Gasteiger charge is -2.08. The first-order valence-corrected chi connectivity index (χ1v) is 9.42. The summed E-state index contributed by atoms with van der Waals surface area (Å²) in [6.07, 6.45) is 2.99. The summed E-state index contributed by atoms with van der Waals surface area (Å²) in [5.41, 5.74) is 1.45. The lowest BCUT2D eigenvalue weighted by Crippen LogP contribution is -2.15. The Balaban J connectivity index is 1.67. The molecule has 3 aromatic rings. The van der Waals surface area contributed by atoms with E-state index >= 15 is 0 Å². The molecule has 150 valence electrons. The second kappa shape index (κ2) is 9.45. The van der Waals surface area contributed by atoms with E-state index in [2.05, 4.69) is 10.4 Å². The topological polar surface area (TPSA) is 82.4 Å². The van der Waals surface area contributed by atoms with Crippen LogP contribution in [0.1, 0.15) is 17.3 Å². The predicted octanol–water partition coefficient (Wildman–Crippen LogP) is 4.37. The van der Waals surface area contributed by atoms with E-state index in [1.807, 2.05) is 0 Å². The van der Waals surface area contributed by atoms with E-state index in [4.69, 9.17) is 32.7 Å². The third-order valence-corrected chi connectivity index (χ3v) is 4.29. The van der Waals surface area contributed by atoms with Crippen molar-refractivity contribution < 1.29 is 19.1 Å². The Kier molecular flexibility index (Phi) is 6.74. The summed E-state index contributed by atoms with van der Waals surface area (Å²) in [6.45, 7) is 1.80. The molecule has 0 aliphatic heterocycles. The number of nitrogens with one attached hydrogen (secondary N) is 1. The SMILES string of the molecule is CCOC(=O)COc1cccc(NC(=O)c2cnn(-c3ccc(Cl)cc3Cl)c2)c1. The summed E-state index contributed by atoms with van der Waals surface area (Å²) in [5, 5.41) is 7.86. The standard InChI is InChI=1S/C20H17Cl2N3O4/c1-2-28-19(26)12-29-16-5-3-4-15(9-16)24-20(27)13-10-23-25(11-13)18-7-6-14(21)8-17(18)22/h3-11H,2,12H2,1H3,(H,24,27). The van der Waals surface area contributed by atoms with Crippen molar-refractivity contribution in [2.75, 3.05) is 18.5 Å². The number of amides is 1. The van der Waals surface area contributed by atoms with Crippen molar-refractivity contribution in [3.8, 4) is 11.4 Å². The number of rotatable bonds is 7. The fourth-order valence-electron chi connectivity index (χ4n) is 2.45. The van der Waals surface area contributed by atoms with Gasteiger partial charge in [-0.05, 0) is 37.3 Å². The molecule has 3 rings (SSSR count). The molecule has 1 amide bonds. The minimum atomic E-state index is -0.463. The molecule has 0 bridgehead atoms. The molecule has 1 N–H and O–H groups in total. The number of carbonyl (C=O) groups is 2. The number of anilines is 1. The van der Waals surface area contributed by atoms with Gasteiger partial charge in [0.15, 0.2) is 6.61 Å². The predicted molar refractivity (Wildman–Crippen MR) is 110 cm³/mol. The summed E-state index contributed by atoms with van der Waals surface area (Å²) in [6, 6.07) is 11.7. The maximum Gasteiger partial charge on any atom is 0.344 e. The van der Waals surface area contributed by atoms with Gasteiger partial charge in [0.05, 0.1) is 29.1 Å². The van der Waals surface area contributed by atoms with Gasteiger partial charge in [-0.2, -0.15) is 5.10 Å². The molecule has 0 saturated heterocycles. The van der Waals surface area contributed by atoms with Crippen LogP contribution in [0.15, 0.2) is 54.9 Å². The summed E-state index contributed by atoms with van der Waals surface area (Å²) >= 11 is 12.1. The Labute approximate surface area is 177 Å². The summed E-state index contributed by atoms with van der Waals surface area (Å²) in [5.74, 6) is -0.390. The van der Waals surface area contributed by atoms with Crippen molar-refractivity contribution in [2.45, 2.75) is 6.92 Å². The fraction of sp³-hybridized carbons (Fsp3) is 0.150. The number of ether oxygens (including phenoxy) is 2.